The number of nitrogens with one attached hydrogen (secondary N) is 1. The van der Waals surface area contributed by atoms with Crippen LogP contribution in [0.25, 0.3) is 0 Å². The van der Waals surface area contributed by atoms with E-state index in [1.807, 2.05) is 0 Å². The molecule has 2 aliphatic rings. The first-order valence-electron chi connectivity index (χ1n) is 7.24. The molecule has 1 saturated heterocycles. The van der Waals surface area contributed by atoms with Crippen LogP contribution < -0.4 is 5.32 Å². The fourth-order valence-corrected chi connectivity index (χ4v) is 3.61. The number of fused-ring (bicyclic) bond motifs is 1. The van der Waals surface area contributed by atoms with E-state index >= 15 is 0 Å². The highest BCUT2D eigenvalue weighted by Crippen LogP contribution is 2.40. The number of rotatable bonds is 2. The van der Waals surface area contributed by atoms with Crippen molar-refractivity contribution in [2.45, 2.75) is 50.1 Å². The molecule has 2 unspecified atom stereocenters. The number of halogens is 1. The minimum absolute atomic E-state index is 0.430. The Hall–Kier alpha value is -0.890. The third-order valence-electron chi connectivity index (χ3n) is 4.53. The molecule has 1 fully saturated rings. The van der Waals surface area contributed by atoms with Crippen molar-refractivity contribution in [1.29, 1.82) is 0 Å². The molecule has 98 valence electrons. The largest absolute Gasteiger partial charge is 0.314 e. The van der Waals surface area contributed by atoms with E-state index in [0.717, 1.165) is 25.8 Å². The first-order valence-corrected chi connectivity index (χ1v) is 7.24. The minimum atomic E-state index is -0.979. The van der Waals surface area contributed by atoms with Gasteiger partial charge in [0.05, 0.1) is 0 Å². The Morgan fingerprint density at radius 3 is 3.00 bits per heavy atom. The maximum absolute atomic E-state index is 14.8. The number of benzene rings is 1. The molecule has 1 aliphatic heterocycles. The lowest BCUT2D eigenvalue weighted by atomic mass is 9.76. The Kier molecular flexibility index (Phi) is 3.38. The van der Waals surface area contributed by atoms with Crippen molar-refractivity contribution < 1.29 is 4.39 Å². The van der Waals surface area contributed by atoms with E-state index in [1.54, 1.807) is 0 Å². The zero-order valence-corrected chi connectivity index (χ0v) is 10.9. The molecule has 3 rings (SSSR count). The summed E-state index contributed by atoms with van der Waals surface area (Å²) in [6.07, 6.45) is 5.96. The van der Waals surface area contributed by atoms with Crippen LogP contribution in [0.4, 0.5) is 4.39 Å². The highest BCUT2D eigenvalue weighted by Gasteiger charge is 2.35. The van der Waals surface area contributed by atoms with Gasteiger partial charge in [-0.2, -0.15) is 0 Å². The number of aryl methyl sites for hydroxylation is 1. The molecule has 1 N–H and O–H groups in total. The van der Waals surface area contributed by atoms with Crippen molar-refractivity contribution in [3.8, 4) is 0 Å². The molecular weight excluding hydrogens is 225 g/mol. The Balaban J connectivity index is 1.77. The van der Waals surface area contributed by atoms with Gasteiger partial charge >= 0.3 is 0 Å². The topological polar surface area (TPSA) is 12.0 Å². The monoisotopic (exact) mass is 247 g/mol. The van der Waals surface area contributed by atoms with Crippen LogP contribution in [-0.4, -0.2) is 18.8 Å². The molecule has 0 bridgehead atoms. The lowest BCUT2D eigenvalue weighted by Crippen LogP contribution is -2.43. The maximum Gasteiger partial charge on any atom is 0.124 e. The van der Waals surface area contributed by atoms with E-state index in [0.29, 0.717) is 18.9 Å². The molecular formula is C16H22FN. The van der Waals surface area contributed by atoms with E-state index in [2.05, 4.69) is 29.6 Å². The Morgan fingerprint density at radius 2 is 2.17 bits per heavy atom. The SMILES string of the molecule is FC1(CC2CCCc3ccccc32)CCCNC1. The molecule has 2 heteroatoms. The van der Waals surface area contributed by atoms with Crippen molar-refractivity contribution in [2.24, 2.45) is 0 Å². The quantitative estimate of drug-likeness (QED) is 0.842. The van der Waals surface area contributed by atoms with Gasteiger partial charge in [-0.25, -0.2) is 4.39 Å². The van der Waals surface area contributed by atoms with Crippen LogP contribution >= 0.6 is 0 Å². The zero-order chi connectivity index (χ0) is 12.4. The van der Waals surface area contributed by atoms with Crippen LogP contribution in [-0.2, 0) is 6.42 Å². The van der Waals surface area contributed by atoms with Crippen molar-refractivity contribution in [1.82, 2.24) is 5.32 Å². The second-order valence-corrected chi connectivity index (χ2v) is 5.92. The predicted octanol–water partition coefficient (Wildman–Crippen LogP) is 3.59. The van der Waals surface area contributed by atoms with Gasteiger partial charge in [0.15, 0.2) is 0 Å². The summed E-state index contributed by atoms with van der Waals surface area (Å²) in [6, 6.07) is 8.63. The van der Waals surface area contributed by atoms with E-state index < -0.39 is 5.67 Å². The summed E-state index contributed by atoms with van der Waals surface area (Å²) >= 11 is 0. The molecule has 0 aromatic heterocycles. The Morgan fingerprint density at radius 1 is 1.28 bits per heavy atom. The molecule has 0 spiro atoms. The number of piperidine rings is 1. The van der Waals surface area contributed by atoms with Crippen molar-refractivity contribution in [3.63, 3.8) is 0 Å². The summed E-state index contributed by atoms with van der Waals surface area (Å²) in [7, 11) is 0. The van der Waals surface area contributed by atoms with Gasteiger partial charge in [0, 0.05) is 6.54 Å². The Labute approximate surface area is 109 Å². The highest BCUT2D eigenvalue weighted by atomic mass is 19.1. The summed E-state index contributed by atoms with van der Waals surface area (Å²) in [5, 5.41) is 3.21. The van der Waals surface area contributed by atoms with Gasteiger partial charge in [0.2, 0.25) is 0 Å². The third-order valence-corrected chi connectivity index (χ3v) is 4.53. The van der Waals surface area contributed by atoms with Crippen molar-refractivity contribution >= 4 is 0 Å². The van der Waals surface area contributed by atoms with Gasteiger partial charge in [-0.05, 0) is 62.1 Å². The highest BCUT2D eigenvalue weighted by molar-refractivity contribution is 5.32. The second kappa shape index (κ2) is 5.00. The summed E-state index contributed by atoms with van der Waals surface area (Å²) in [5.41, 5.74) is 1.88. The van der Waals surface area contributed by atoms with Crippen LogP contribution in [0.1, 0.15) is 49.1 Å². The average molecular weight is 247 g/mol. The van der Waals surface area contributed by atoms with Crippen LogP contribution in [0.5, 0.6) is 0 Å². The average Bonchev–Trinajstić information content (AvgIpc) is 2.40. The van der Waals surface area contributed by atoms with Gasteiger partial charge < -0.3 is 5.32 Å². The van der Waals surface area contributed by atoms with Crippen molar-refractivity contribution in [2.75, 3.05) is 13.1 Å². The van der Waals surface area contributed by atoms with Gasteiger partial charge in [-0.1, -0.05) is 24.3 Å². The Bertz CT molecular complexity index is 409. The maximum atomic E-state index is 14.8. The molecule has 1 nitrogen and oxygen atoms in total. The van der Waals surface area contributed by atoms with Crippen LogP contribution in [0, 0.1) is 0 Å². The number of alkyl halides is 1. The predicted molar refractivity (Wildman–Crippen MR) is 72.7 cm³/mol. The third kappa shape index (κ3) is 2.44. The molecule has 1 aromatic rings. The van der Waals surface area contributed by atoms with E-state index in [-0.39, 0.29) is 0 Å². The number of hydrogen-bond donors (Lipinski definition) is 1. The lowest BCUT2D eigenvalue weighted by molar-refractivity contribution is 0.0989. The second-order valence-electron chi connectivity index (χ2n) is 5.92. The van der Waals surface area contributed by atoms with Gasteiger partial charge in [0.25, 0.3) is 0 Å². The molecule has 1 aromatic carbocycles. The number of hydrogen-bond acceptors (Lipinski definition) is 1. The van der Waals surface area contributed by atoms with E-state index in [1.165, 1.54) is 24.0 Å². The molecule has 0 saturated carbocycles. The van der Waals surface area contributed by atoms with Crippen LogP contribution in [0.3, 0.4) is 0 Å². The summed E-state index contributed by atoms with van der Waals surface area (Å²) in [5.74, 6) is 0.430. The van der Waals surface area contributed by atoms with E-state index in [9.17, 15) is 4.39 Å². The normalized spacial score (nSPS) is 31.9. The lowest BCUT2D eigenvalue weighted by Gasteiger charge is -2.35. The fraction of sp³-hybridized carbons (Fsp3) is 0.625. The molecule has 2 atom stereocenters. The minimum Gasteiger partial charge on any atom is -0.314 e. The summed E-state index contributed by atoms with van der Waals surface area (Å²) < 4.78 is 14.8. The fourth-order valence-electron chi connectivity index (χ4n) is 3.61. The first kappa shape index (κ1) is 12.2. The molecule has 1 aliphatic carbocycles. The smallest absolute Gasteiger partial charge is 0.124 e. The van der Waals surface area contributed by atoms with Crippen LogP contribution in [0.2, 0.25) is 0 Å². The standard InChI is InChI=1S/C16H22FN/c17-16(9-4-10-18-12-16)11-14-7-3-6-13-5-1-2-8-15(13)14/h1-2,5,8,14,18H,3-4,6-7,9-12H2. The molecule has 18 heavy (non-hydrogen) atoms. The van der Waals surface area contributed by atoms with Crippen molar-refractivity contribution in [3.05, 3.63) is 35.4 Å². The van der Waals surface area contributed by atoms with Crippen LogP contribution in [0.15, 0.2) is 24.3 Å². The van der Waals surface area contributed by atoms with E-state index in [4.69, 9.17) is 0 Å². The van der Waals surface area contributed by atoms with Gasteiger partial charge in [0.1, 0.15) is 5.67 Å². The summed E-state index contributed by atoms with van der Waals surface area (Å²) in [4.78, 5) is 0. The molecule has 1 heterocycles. The first-order chi connectivity index (χ1) is 8.77. The summed E-state index contributed by atoms with van der Waals surface area (Å²) in [6.45, 7) is 1.53. The van der Waals surface area contributed by atoms with Gasteiger partial charge in [-0.15, -0.1) is 0 Å². The van der Waals surface area contributed by atoms with Gasteiger partial charge in [-0.3, -0.25) is 0 Å². The zero-order valence-electron chi connectivity index (χ0n) is 10.9. The molecule has 0 amide bonds. The molecule has 0 radical (unpaired) electrons.